The Kier molecular flexibility index (Phi) is 5.92. The number of aliphatic hydroxyl groups excluding tert-OH is 1. The van der Waals surface area contributed by atoms with Crippen LogP contribution in [0.25, 0.3) is 0 Å². The van der Waals surface area contributed by atoms with E-state index < -0.39 is 0 Å². The maximum absolute atomic E-state index is 12.1. The number of thioether (sulfide) groups is 1. The average molecular weight is 293 g/mol. The molecule has 0 aromatic heterocycles. The number of rotatable bonds is 5. The summed E-state index contributed by atoms with van der Waals surface area (Å²) in [6, 6.07) is 10.3. The molecule has 2 unspecified atom stereocenters. The first-order valence-corrected chi connectivity index (χ1v) is 8.29. The van der Waals surface area contributed by atoms with Crippen LogP contribution < -0.4 is 0 Å². The molecule has 1 fully saturated rings. The van der Waals surface area contributed by atoms with Gasteiger partial charge in [-0.25, -0.2) is 0 Å². The van der Waals surface area contributed by atoms with E-state index in [4.69, 9.17) is 0 Å². The Balaban J connectivity index is 1.65. The molecule has 1 heterocycles. The maximum atomic E-state index is 12.1. The van der Waals surface area contributed by atoms with Crippen LogP contribution in [0.2, 0.25) is 0 Å². The van der Waals surface area contributed by atoms with Crippen molar-refractivity contribution in [3.8, 4) is 0 Å². The van der Waals surface area contributed by atoms with Gasteiger partial charge in [0.25, 0.3) is 0 Å². The monoisotopic (exact) mass is 293 g/mol. The van der Waals surface area contributed by atoms with Crippen LogP contribution in [0.1, 0.15) is 26.2 Å². The third-order valence-corrected chi connectivity index (χ3v) is 4.92. The number of β-amino-alcohol motifs (C(OH)–C–C–N with tert-alkyl or cyclic N) is 1. The standard InChI is InChI=1S/C16H23NO2S/c1-13-9-10-17(12-15(13)18)16(19)8-5-11-20-14-6-3-2-4-7-14/h2-4,6-7,13,15,18H,5,8-12H2,1H3. The Hall–Kier alpha value is -1.00. The Labute approximate surface area is 125 Å². The third kappa shape index (κ3) is 4.53. The molecule has 1 aliphatic heterocycles. The lowest BCUT2D eigenvalue weighted by molar-refractivity contribution is -0.135. The van der Waals surface area contributed by atoms with E-state index in [0.717, 1.165) is 25.1 Å². The number of hydrogen-bond acceptors (Lipinski definition) is 3. The van der Waals surface area contributed by atoms with Gasteiger partial charge in [0.15, 0.2) is 0 Å². The molecule has 2 atom stereocenters. The molecule has 0 bridgehead atoms. The second-order valence-corrected chi connectivity index (χ2v) is 6.61. The smallest absolute Gasteiger partial charge is 0.222 e. The van der Waals surface area contributed by atoms with Crippen molar-refractivity contribution in [1.82, 2.24) is 4.90 Å². The molecule has 1 N–H and O–H groups in total. The molecule has 0 saturated carbocycles. The molecular formula is C16H23NO2S. The summed E-state index contributed by atoms with van der Waals surface area (Å²) in [5.74, 6) is 1.46. The molecule has 1 aromatic carbocycles. The molecule has 1 amide bonds. The Morgan fingerprint density at radius 2 is 2.15 bits per heavy atom. The minimum atomic E-state index is -0.355. The van der Waals surface area contributed by atoms with Gasteiger partial charge in [0, 0.05) is 24.4 Å². The van der Waals surface area contributed by atoms with Gasteiger partial charge in [0.1, 0.15) is 0 Å². The fraction of sp³-hybridized carbons (Fsp3) is 0.562. The second-order valence-electron chi connectivity index (χ2n) is 5.44. The molecule has 110 valence electrons. The minimum absolute atomic E-state index is 0.185. The van der Waals surface area contributed by atoms with Gasteiger partial charge >= 0.3 is 0 Å². The van der Waals surface area contributed by atoms with Crippen LogP contribution in [0.3, 0.4) is 0 Å². The highest BCUT2D eigenvalue weighted by Crippen LogP contribution is 2.20. The number of piperidine rings is 1. The summed E-state index contributed by atoms with van der Waals surface area (Å²) in [5.41, 5.74) is 0. The molecule has 0 spiro atoms. The zero-order valence-electron chi connectivity index (χ0n) is 12.0. The average Bonchev–Trinajstić information content (AvgIpc) is 2.47. The summed E-state index contributed by atoms with van der Waals surface area (Å²) in [6.07, 6.45) is 2.03. The lowest BCUT2D eigenvalue weighted by Crippen LogP contribution is -2.45. The highest BCUT2D eigenvalue weighted by Gasteiger charge is 2.26. The summed E-state index contributed by atoms with van der Waals surface area (Å²) in [6.45, 7) is 3.34. The van der Waals surface area contributed by atoms with E-state index in [2.05, 4.69) is 12.1 Å². The third-order valence-electron chi connectivity index (χ3n) is 3.82. The Morgan fingerprint density at radius 1 is 1.40 bits per heavy atom. The molecule has 4 heteroatoms. The Morgan fingerprint density at radius 3 is 2.85 bits per heavy atom. The van der Waals surface area contributed by atoms with Gasteiger partial charge in [-0.3, -0.25) is 4.79 Å². The number of nitrogens with zero attached hydrogens (tertiary/aromatic N) is 1. The fourth-order valence-electron chi connectivity index (χ4n) is 2.36. The molecule has 0 radical (unpaired) electrons. The van der Waals surface area contributed by atoms with Crippen molar-refractivity contribution in [2.24, 2.45) is 5.92 Å². The second kappa shape index (κ2) is 7.70. The summed E-state index contributed by atoms with van der Waals surface area (Å²) >= 11 is 1.79. The van der Waals surface area contributed by atoms with Gasteiger partial charge in [-0.2, -0.15) is 0 Å². The van der Waals surface area contributed by atoms with Crippen LogP contribution in [0.5, 0.6) is 0 Å². The SMILES string of the molecule is CC1CCN(C(=O)CCCSc2ccccc2)CC1O. The summed E-state index contributed by atoms with van der Waals surface area (Å²) in [7, 11) is 0. The molecular weight excluding hydrogens is 270 g/mol. The van der Waals surface area contributed by atoms with Crippen LogP contribution in [0.4, 0.5) is 0 Å². The number of carbonyl (C=O) groups excluding carboxylic acids is 1. The van der Waals surface area contributed by atoms with Gasteiger partial charge in [0.2, 0.25) is 5.91 Å². The van der Waals surface area contributed by atoms with Gasteiger partial charge in [-0.15, -0.1) is 11.8 Å². The quantitative estimate of drug-likeness (QED) is 0.670. The molecule has 0 aliphatic carbocycles. The number of carbonyl (C=O) groups is 1. The largest absolute Gasteiger partial charge is 0.391 e. The molecule has 3 nitrogen and oxygen atoms in total. The van der Waals surface area contributed by atoms with Gasteiger partial charge in [0.05, 0.1) is 6.10 Å². The van der Waals surface area contributed by atoms with Crippen molar-refractivity contribution in [2.75, 3.05) is 18.8 Å². The van der Waals surface area contributed by atoms with E-state index in [1.54, 1.807) is 11.8 Å². The first-order valence-electron chi connectivity index (χ1n) is 7.30. The number of amides is 1. The van der Waals surface area contributed by atoms with Crippen LogP contribution in [-0.2, 0) is 4.79 Å². The number of hydrogen-bond donors (Lipinski definition) is 1. The fourth-order valence-corrected chi connectivity index (χ4v) is 3.24. The van der Waals surface area contributed by atoms with Crippen molar-refractivity contribution in [3.05, 3.63) is 30.3 Å². The van der Waals surface area contributed by atoms with E-state index in [9.17, 15) is 9.90 Å². The predicted molar refractivity (Wildman–Crippen MR) is 82.8 cm³/mol. The molecule has 1 aromatic rings. The summed E-state index contributed by atoms with van der Waals surface area (Å²) < 4.78 is 0. The minimum Gasteiger partial charge on any atom is -0.391 e. The van der Waals surface area contributed by atoms with Crippen molar-refractivity contribution < 1.29 is 9.90 Å². The lowest BCUT2D eigenvalue weighted by Gasteiger charge is -2.34. The number of likely N-dealkylation sites (tertiary alicyclic amines) is 1. The molecule has 2 rings (SSSR count). The van der Waals surface area contributed by atoms with E-state index >= 15 is 0 Å². The first kappa shape index (κ1) is 15.4. The number of benzene rings is 1. The topological polar surface area (TPSA) is 40.5 Å². The number of aliphatic hydroxyl groups is 1. The van der Waals surface area contributed by atoms with Crippen LogP contribution in [0.15, 0.2) is 35.2 Å². The van der Waals surface area contributed by atoms with Crippen molar-refractivity contribution in [2.45, 2.75) is 37.2 Å². The lowest BCUT2D eigenvalue weighted by atomic mass is 9.96. The normalized spacial score (nSPS) is 22.8. The highest BCUT2D eigenvalue weighted by molar-refractivity contribution is 7.99. The van der Waals surface area contributed by atoms with E-state index in [1.165, 1.54) is 4.90 Å². The zero-order chi connectivity index (χ0) is 14.4. The van der Waals surface area contributed by atoms with Gasteiger partial charge in [-0.05, 0) is 36.6 Å². The van der Waals surface area contributed by atoms with E-state index in [-0.39, 0.29) is 12.0 Å². The Bertz CT molecular complexity index is 424. The van der Waals surface area contributed by atoms with Crippen molar-refractivity contribution in [3.63, 3.8) is 0 Å². The van der Waals surface area contributed by atoms with Crippen molar-refractivity contribution >= 4 is 17.7 Å². The van der Waals surface area contributed by atoms with Crippen LogP contribution in [-0.4, -0.2) is 40.9 Å². The van der Waals surface area contributed by atoms with E-state index in [0.29, 0.717) is 18.9 Å². The highest BCUT2D eigenvalue weighted by atomic mass is 32.2. The molecule has 1 saturated heterocycles. The van der Waals surface area contributed by atoms with Crippen LogP contribution in [0, 0.1) is 5.92 Å². The van der Waals surface area contributed by atoms with Gasteiger partial charge < -0.3 is 10.0 Å². The molecule has 20 heavy (non-hydrogen) atoms. The van der Waals surface area contributed by atoms with Crippen molar-refractivity contribution in [1.29, 1.82) is 0 Å². The zero-order valence-corrected chi connectivity index (χ0v) is 12.8. The summed E-state index contributed by atoms with van der Waals surface area (Å²) in [5, 5.41) is 9.82. The van der Waals surface area contributed by atoms with E-state index in [1.807, 2.05) is 30.0 Å². The predicted octanol–water partition coefficient (Wildman–Crippen LogP) is 2.79. The van der Waals surface area contributed by atoms with Crippen LogP contribution >= 0.6 is 11.8 Å². The molecule has 1 aliphatic rings. The first-order chi connectivity index (χ1) is 9.66. The van der Waals surface area contributed by atoms with Gasteiger partial charge in [-0.1, -0.05) is 25.1 Å². The maximum Gasteiger partial charge on any atom is 0.222 e. The summed E-state index contributed by atoms with van der Waals surface area (Å²) in [4.78, 5) is 15.1.